The molecule has 0 saturated carbocycles. The largest absolute Gasteiger partial charge is 0.508 e. The van der Waals surface area contributed by atoms with Gasteiger partial charge >= 0.3 is 5.97 Å². The lowest BCUT2D eigenvalue weighted by Gasteiger charge is -1.99. The summed E-state index contributed by atoms with van der Waals surface area (Å²) in [5.74, 6) is -1.45. The van der Waals surface area contributed by atoms with Crippen molar-refractivity contribution in [2.45, 2.75) is 0 Å². The summed E-state index contributed by atoms with van der Waals surface area (Å²) in [6, 6.07) is 10.00. The van der Waals surface area contributed by atoms with Crippen LogP contribution in [0.25, 0.3) is 0 Å². The Morgan fingerprint density at radius 1 is 0.895 bits per heavy atom. The lowest BCUT2D eigenvalue weighted by Crippen LogP contribution is -1.95. The van der Waals surface area contributed by atoms with Gasteiger partial charge in [-0.2, -0.15) is 10.2 Å². The number of hydrogen-bond donors (Lipinski definition) is 3. The van der Waals surface area contributed by atoms with Gasteiger partial charge in [-0.3, -0.25) is 0 Å². The smallest absolute Gasteiger partial charge is 0.339 e. The summed E-state index contributed by atoms with van der Waals surface area (Å²) in [6.07, 6.45) is 0. The average Bonchev–Trinajstić information content (AvgIpc) is 2.37. The van der Waals surface area contributed by atoms with Gasteiger partial charge in [0, 0.05) is 6.07 Å². The number of rotatable bonds is 3. The Labute approximate surface area is 108 Å². The molecule has 0 bridgehead atoms. The fourth-order valence-electron chi connectivity index (χ4n) is 1.40. The summed E-state index contributed by atoms with van der Waals surface area (Å²) in [4.78, 5) is 10.7. The molecule has 0 aliphatic rings. The van der Waals surface area contributed by atoms with Crippen LogP contribution in [0.5, 0.6) is 11.5 Å². The zero-order chi connectivity index (χ0) is 13.8. The van der Waals surface area contributed by atoms with E-state index < -0.39 is 5.97 Å². The van der Waals surface area contributed by atoms with E-state index in [1.165, 1.54) is 30.3 Å². The predicted octanol–water partition coefficient (Wildman–Crippen LogP) is 3.21. The first kappa shape index (κ1) is 12.6. The number of phenolic OH excluding ortho intramolecular Hbond substituents is 1. The van der Waals surface area contributed by atoms with Gasteiger partial charge in [-0.15, -0.1) is 0 Å². The van der Waals surface area contributed by atoms with Gasteiger partial charge in [-0.25, -0.2) is 4.79 Å². The van der Waals surface area contributed by atoms with E-state index in [1.54, 1.807) is 12.1 Å². The Bertz CT molecular complexity index is 636. The van der Waals surface area contributed by atoms with Gasteiger partial charge in [-0.1, -0.05) is 0 Å². The quantitative estimate of drug-likeness (QED) is 0.735. The molecule has 0 unspecified atom stereocenters. The fourth-order valence-corrected chi connectivity index (χ4v) is 1.40. The molecule has 0 spiro atoms. The number of nitrogens with zero attached hydrogens (tertiary/aromatic N) is 2. The van der Waals surface area contributed by atoms with Gasteiger partial charge in [0.1, 0.15) is 17.1 Å². The molecule has 0 aliphatic heterocycles. The van der Waals surface area contributed by atoms with Crippen molar-refractivity contribution in [1.82, 2.24) is 0 Å². The van der Waals surface area contributed by atoms with Crippen molar-refractivity contribution in [2.24, 2.45) is 10.2 Å². The summed E-state index contributed by atoms with van der Waals surface area (Å²) in [7, 11) is 0. The number of azo groups is 1. The van der Waals surface area contributed by atoms with Crippen molar-refractivity contribution in [3.63, 3.8) is 0 Å². The number of benzene rings is 2. The third kappa shape index (κ3) is 3.06. The van der Waals surface area contributed by atoms with Crippen LogP contribution in [0.3, 0.4) is 0 Å². The zero-order valence-corrected chi connectivity index (χ0v) is 9.69. The van der Waals surface area contributed by atoms with E-state index in [0.717, 1.165) is 0 Å². The third-order valence-corrected chi connectivity index (χ3v) is 2.34. The summed E-state index contributed by atoms with van der Waals surface area (Å²) in [6.45, 7) is 0. The summed E-state index contributed by atoms with van der Waals surface area (Å²) < 4.78 is 0. The van der Waals surface area contributed by atoms with E-state index in [-0.39, 0.29) is 17.1 Å². The van der Waals surface area contributed by atoms with E-state index in [9.17, 15) is 9.90 Å². The molecule has 0 heterocycles. The molecule has 2 aromatic carbocycles. The molecule has 3 N–H and O–H groups in total. The first-order valence-electron chi connectivity index (χ1n) is 5.33. The standard InChI is InChI=1S/C13H10N2O4/c16-10-4-1-8(2-5-10)14-15-9-3-6-11(13(18)19)12(17)7-9/h1-7,16-17H,(H,18,19). The molecular weight excluding hydrogens is 248 g/mol. The van der Waals surface area contributed by atoms with E-state index in [4.69, 9.17) is 10.2 Å². The van der Waals surface area contributed by atoms with Crippen molar-refractivity contribution in [1.29, 1.82) is 0 Å². The van der Waals surface area contributed by atoms with Gasteiger partial charge in [-0.05, 0) is 36.4 Å². The highest BCUT2D eigenvalue weighted by Crippen LogP contribution is 2.26. The Kier molecular flexibility index (Phi) is 3.42. The molecule has 0 atom stereocenters. The lowest BCUT2D eigenvalue weighted by atomic mass is 10.2. The van der Waals surface area contributed by atoms with E-state index in [1.807, 2.05) is 0 Å². The molecule has 0 radical (unpaired) electrons. The number of hydrogen-bond acceptors (Lipinski definition) is 5. The molecule has 0 aliphatic carbocycles. The van der Waals surface area contributed by atoms with Gasteiger partial charge < -0.3 is 15.3 Å². The first-order valence-corrected chi connectivity index (χ1v) is 5.33. The number of carboxylic acid groups (broad SMARTS) is 1. The minimum atomic E-state index is -1.21. The summed E-state index contributed by atoms with van der Waals surface area (Å²) in [5.41, 5.74) is 0.666. The van der Waals surface area contributed by atoms with Crippen LogP contribution < -0.4 is 0 Å². The van der Waals surface area contributed by atoms with Gasteiger partial charge in [0.25, 0.3) is 0 Å². The highest BCUT2D eigenvalue weighted by atomic mass is 16.4. The molecule has 0 aromatic heterocycles. The summed E-state index contributed by atoms with van der Waals surface area (Å²) >= 11 is 0. The predicted molar refractivity (Wildman–Crippen MR) is 67.3 cm³/mol. The maximum absolute atomic E-state index is 10.7. The van der Waals surface area contributed by atoms with Crippen LogP contribution in [0, 0.1) is 0 Å². The number of aromatic hydroxyl groups is 2. The molecular formula is C13H10N2O4. The minimum Gasteiger partial charge on any atom is -0.508 e. The Hall–Kier alpha value is -2.89. The maximum atomic E-state index is 10.7. The van der Waals surface area contributed by atoms with E-state index >= 15 is 0 Å². The molecule has 0 saturated heterocycles. The van der Waals surface area contributed by atoms with Gasteiger partial charge in [0.15, 0.2) is 0 Å². The SMILES string of the molecule is O=C(O)c1ccc(N=Nc2ccc(O)cc2)cc1O. The minimum absolute atomic E-state index is 0.127. The molecule has 96 valence electrons. The monoisotopic (exact) mass is 258 g/mol. The van der Waals surface area contributed by atoms with Crippen LogP contribution in [0.4, 0.5) is 11.4 Å². The number of carbonyl (C=O) groups is 1. The lowest BCUT2D eigenvalue weighted by molar-refractivity contribution is 0.0694. The topological polar surface area (TPSA) is 102 Å². The molecule has 2 rings (SSSR count). The van der Waals surface area contributed by atoms with Crippen LogP contribution in [0.2, 0.25) is 0 Å². The van der Waals surface area contributed by atoms with Crippen molar-refractivity contribution < 1.29 is 20.1 Å². The molecule has 19 heavy (non-hydrogen) atoms. The highest BCUT2D eigenvalue weighted by Gasteiger charge is 2.09. The Morgan fingerprint density at radius 3 is 2.05 bits per heavy atom. The normalized spacial score (nSPS) is 10.7. The third-order valence-electron chi connectivity index (χ3n) is 2.34. The second kappa shape index (κ2) is 5.18. The molecule has 6 heteroatoms. The van der Waals surface area contributed by atoms with E-state index in [2.05, 4.69) is 10.2 Å². The van der Waals surface area contributed by atoms with Crippen molar-refractivity contribution >= 4 is 17.3 Å². The average molecular weight is 258 g/mol. The zero-order valence-electron chi connectivity index (χ0n) is 9.69. The van der Waals surface area contributed by atoms with Crippen LogP contribution in [0.1, 0.15) is 10.4 Å². The van der Waals surface area contributed by atoms with Crippen LogP contribution in [-0.4, -0.2) is 21.3 Å². The van der Waals surface area contributed by atoms with E-state index in [0.29, 0.717) is 11.4 Å². The molecule has 0 amide bonds. The maximum Gasteiger partial charge on any atom is 0.339 e. The molecule has 6 nitrogen and oxygen atoms in total. The number of aromatic carboxylic acids is 1. The second-order valence-electron chi connectivity index (χ2n) is 3.72. The van der Waals surface area contributed by atoms with Crippen LogP contribution in [-0.2, 0) is 0 Å². The number of phenols is 2. The first-order chi connectivity index (χ1) is 9.06. The second-order valence-corrected chi connectivity index (χ2v) is 3.72. The van der Waals surface area contributed by atoms with Gasteiger partial charge in [0.05, 0.1) is 11.4 Å². The Balaban J connectivity index is 2.22. The van der Waals surface area contributed by atoms with Crippen molar-refractivity contribution in [3.05, 3.63) is 48.0 Å². The Morgan fingerprint density at radius 2 is 1.47 bits per heavy atom. The highest BCUT2D eigenvalue weighted by molar-refractivity contribution is 5.91. The van der Waals surface area contributed by atoms with Gasteiger partial charge in [0.2, 0.25) is 0 Å². The summed E-state index contributed by atoms with van der Waals surface area (Å²) in [5, 5.41) is 35.1. The van der Waals surface area contributed by atoms with Crippen LogP contribution >= 0.6 is 0 Å². The van der Waals surface area contributed by atoms with Crippen molar-refractivity contribution in [3.8, 4) is 11.5 Å². The number of carboxylic acids is 1. The van der Waals surface area contributed by atoms with Crippen molar-refractivity contribution in [2.75, 3.05) is 0 Å². The molecule has 2 aromatic rings. The van der Waals surface area contributed by atoms with Crippen LogP contribution in [0.15, 0.2) is 52.7 Å². The fraction of sp³-hybridized carbons (Fsp3) is 0. The molecule has 0 fully saturated rings.